The Morgan fingerprint density at radius 1 is 1.37 bits per heavy atom. The Labute approximate surface area is 108 Å². The van der Waals surface area contributed by atoms with Crippen LogP contribution in [0.4, 0.5) is 23.2 Å². The van der Waals surface area contributed by atoms with Crippen LogP contribution in [0.3, 0.4) is 0 Å². The fraction of sp³-hybridized carbons (Fsp3) is 0.417. The topological polar surface area (TPSA) is 53.1 Å². The molecule has 0 aliphatic rings. The van der Waals surface area contributed by atoms with Gasteiger partial charge in [0.05, 0.1) is 11.3 Å². The molecule has 7 heteroatoms. The third-order valence-corrected chi connectivity index (χ3v) is 2.54. The SMILES string of the molecule is CC(C)N(CC(F)(F)F)c1cccc(F)c1C(=N)N. The van der Waals surface area contributed by atoms with Gasteiger partial charge in [0, 0.05) is 6.04 Å². The lowest BCUT2D eigenvalue weighted by Gasteiger charge is -2.31. The van der Waals surface area contributed by atoms with Crippen LogP contribution < -0.4 is 10.6 Å². The molecule has 0 bridgehead atoms. The summed E-state index contributed by atoms with van der Waals surface area (Å²) >= 11 is 0. The van der Waals surface area contributed by atoms with Crippen molar-refractivity contribution in [2.45, 2.75) is 26.1 Å². The highest BCUT2D eigenvalue weighted by Crippen LogP contribution is 2.28. The first-order valence-electron chi connectivity index (χ1n) is 5.59. The molecule has 0 heterocycles. The van der Waals surface area contributed by atoms with Gasteiger partial charge in [-0.3, -0.25) is 5.41 Å². The number of nitrogens with zero attached hydrogens (tertiary/aromatic N) is 1. The van der Waals surface area contributed by atoms with Gasteiger partial charge in [-0.05, 0) is 26.0 Å². The van der Waals surface area contributed by atoms with E-state index in [4.69, 9.17) is 11.1 Å². The van der Waals surface area contributed by atoms with Crippen LogP contribution >= 0.6 is 0 Å². The van der Waals surface area contributed by atoms with Crippen LogP contribution in [-0.4, -0.2) is 24.6 Å². The van der Waals surface area contributed by atoms with E-state index >= 15 is 0 Å². The second kappa shape index (κ2) is 5.46. The van der Waals surface area contributed by atoms with E-state index < -0.39 is 30.4 Å². The molecule has 0 saturated heterocycles. The maximum atomic E-state index is 13.6. The summed E-state index contributed by atoms with van der Waals surface area (Å²) in [7, 11) is 0. The van der Waals surface area contributed by atoms with E-state index in [0.717, 1.165) is 11.0 Å². The predicted octanol–water partition coefficient (Wildman–Crippen LogP) is 2.89. The first-order valence-corrected chi connectivity index (χ1v) is 5.59. The van der Waals surface area contributed by atoms with Crippen LogP contribution in [0.1, 0.15) is 19.4 Å². The summed E-state index contributed by atoms with van der Waals surface area (Å²) in [6.07, 6.45) is -4.43. The Hall–Kier alpha value is -1.79. The highest BCUT2D eigenvalue weighted by molar-refractivity contribution is 6.00. The van der Waals surface area contributed by atoms with Gasteiger partial charge in [0.25, 0.3) is 0 Å². The summed E-state index contributed by atoms with van der Waals surface area (Å²) in [5, 5.41) is 7.31. The summed E-state index contributed by atoms with van der Waals surface area (Å²) in [6, 6.07) is 3.17. The lowest BCUT2D eigenvalue weighted by Crippen LogP contribution is -2.40. The molecule has 0 aliphatic heterocycles. The van der Waals surface area contributed by atoms with E-state index in [-0.39, 0.29) is 11.3 Å². The number of hydrogen-bond donors (Lipinski definition) is 2. The fourth-order valence-corrected chi connectivity index (χ4v) is 1.76. The van der Waals surface area contributed by atoms with Crippen molar-refractivity contribution in [1.29, 1.82) is 5.41 Å². The number of benzene rings is 1. The zero-order chi connectivity index (χ0) is 14.8. The molecular weight excluding hydrogens is 262 g/mol. The Balaban J connectivity index is 3.31. The summed E-state index contributed by atoms with van der Waals surface area (Å²) in [5.41, 5.74) is 4.92. The smallest absolute Gasteiger partial charge is 0.384 e. The molecule has 0 spiro atoms. The Bertz CT molecular complexity index is 469. The van der Waals surface area contributed by atoms with Gasteiger partial charge in [-0.25, -0.2) is 4.39 Å². The zero-order valence-corrected chi connectivity index (χ0v) is 10.6. The van der Waals surface area contributed by atoms with Crippen molar-refractivity contribution in [2.24, 2.45) is 5.73 Å². The quantitative estimate of drug-likeness (QED) is 0.505. The fourth-order valence-electron chi connectivity index (χ4n) is 1.76. The molecule has 0 radical (unpaired) electrons. The van der Waals surface area contributed by atoms with Crippen LogP contribution in [0.15, 0.2) is 18.2 Å². The maximum Gasteiger partial charge on any atom is 0.405 e. The number of amidine groups is 1. The van der Waals surface area contributed by atoms with Crippen molar-refractivity contribution in [3.63, 3.8) is 0 Å². The molecule has 0 amide bonds. The second-order valence-electron chi connectivity index (χ2n) is 4.38. The maximum absolute atomic E-state index is 13.6. The number of nitrogens with one attached hydrogen (secondary N) is 1. The van der Waals surface area contributed by atoms with E-state index in [9.17, 15) is 17.6 Å². The van der Waals surface area contributed by atoms with Gasteiger partial charge in [0.15, 0.2) is 0 Å². The van der Waals surface area contributed by atoms with Gasteiger partial charge in [-0.2, -0.15) is 13.2 Å². The third kappa shape index (κ3) is 3.84. The number of alkyl halides is 3. The van der Waals surface area contributed by atoms with Gasteiger partial charge < -0.3 is 10.6 Å². The van der Waals surface area contributed by atoms with Crippen LogP contribution in [0.25, 0.3) is 0 Å². The molecule has 0 fully saturated rings. The van der Waals surface area contributed by atoms with Crippen molar-refractivity contribution >= 4 is 11.5 Å². The van der Waals surface area contributed by atoms with E-state index in [2.05, 4.69) is 0 Å². The van der Waals surface area contributed by atoms with Gasteiger partial charge in [-0.1, -0.05) is 6.07 Å². The lowest BCUT2D eigenvalue weighted by molar-refractivity contribution is -0.120. The monoisotopic (exact) mass is 277 g/mol. The first-order chi connectivity index (χ1) is 8.63. The third-order valence-electron chi connectivity index (χ3n) is 2.54. The average molecular weight is 277 g/mol. The number of nitrogens with two attached hydrogens (primary N) is 1. The summed E-state index contributed by atoms with van der Waals surface area (Å²) in [6.45, 7) is 1.88. The van der Waals surface area contributed by atoms with Crippen LogP contribution in [0, 0.1) is 11.2 Å². The zero-order valence-electron chi connectivity index (χ0n) is 10.6. The van der Waals surface area contributed by atoms with E-state index in [1.165, 1.54) is 12.1 Å². The van der Waals surface area contributed by atoms with E-state index in [0.29, 0.717) is 0 Å². The molecule has 0 aliphatic carbocycles. The van der Waals surface area contributed by atoms with Crippen molar-refractivity contribution in [3.8, 4) is 0 Å². The van der Waals surface area contributed by atoms with Gasteiger partial charge >= 0.3 is 6.18 Å². The summed E-state index contributed by atoms with van der Waals surface area (Å²) in [5.74, 6) is -1.40. The number of halogens is 4. The molecule has 106 valence electrons. The van der Waals surface area contributed by atoms with Crippen LogP contribution in [0.2, 0.25) is 0 Å². The molecule has 0 saturated carbocycles. The minimum absolute atomic E-state index is 0.0279. The van der Waals surface area contributed by atoms with Crippen LogP contribution in [-0.2, 0) is 0 Å². The standard InChI is InChI=1S/C12H15F4N3/c1-7(2)19(6-12(14,15)16)9-5-3-4-8(13)10(9)11(17)18/h3-5,7H,6H2,1-2H3,(H3,17,18). The average Bonchev–Trinajstić information content (AvgIpc) is 2.23. The summed E-state index contributed by atoms with van der Waals surface area (Å²) in [4.78, 5) is 0.972. The summed E-state index contributed by atoms with van der Waals surface area (Å²) < 4.78 is 51.3. The highest BCUT2D eigenvalue weighted by atomic mass is 19.4. The van der Waals surface area contributed by atoms with Gasteiger partial charge in [0.2, 0.25) is 0 Å². The largest absolute Gasteiger partial charge is 0.405 e. The molecule has 3 nitrogen and oxygen atoms in total. The minimum atomic E-state index is -4.43. The van der Waals surface area contributed by atoms with Gasteiger partial charge in [0.1, 0.15) is 18.2 Å². The molecule has 1 aromatic rings. The van der Waals surface area contributed by atoms with Crippen molar-refractivity contribution < 1.29 is 17.6 Å². The van der Waals surface area contributed by atoms with Crippen molar-refractivity contribution in [1.82, 2.24) is 0 Å². The van der Waals surface area contributed by atoms with E-state index in [1.54, 1.807) is 13.8 Å². The molecule has 0 aromatic heterocycles. The first kappa shape index (κ1) is 15.3. The molecule has 1 aromatic carbocycles. The number of anilines is 1. The minimum Gasteiger partial charge on any atom is -0.384 e. The van der Waals surface area contributed by atoms with Crippen molar-refractivity contribution in [2.75, 3.05) is 11.4 Å². The molecule has 3 N–H and O–H groups in total. The van der Waals surface area contributed by atoms with Crippen LogP contribution in [0.5, 0.6) is 0 Å². The molecular formula is C12H15F4N3. The molecule has 1 rings (SSSR count). The normalized spacial score (nSPS) is 11.7. The second-order valence-corrected chi connectivity index (χ2v) is 4.38. The Morgan fingerprint density at radius 2 is 1.95 bits per heavy atom. The Morgan fingerprint density at radius 3 is 2.37 bits per heavy atom. The Kier molecular flexibility index (Phi) is 4.39. The number of rotatable bonds is 4. The molecule has 0 atom stereocenters. The molecule has 19 heavy (non-hydrogen) atoms. The highest BCUT2D eigenvalue weighted by Gasteiger charge is 2.33. The van der Waals surface area contributed by atoms with Gasteiger partial charge in [-0.15, -0.1) is 0 Å². The predicted molar refractivity (Wildman–Crippen MR) is 66.0 cm³/mol. The number of nitrogen functional groups attached to an aromatic ring is 1. The molecule has 0 unspecified atom stereocenters. The lowest BCUT2D eigenvalue weighted by atomic mass is 10.1. The van der Waals surface area contributed by atoms with E-state index in [1.807, 2.05) is 0 Å². The number of hydrogen-bond acceptors (Lipinski definition) is 2. The van der Waals surface area contributed by atoms with Crippen molar-refractivity contribution in [3.05, 3.63) is 29.6 Å².